The molecule has 1 N–H and O–H groups in total. The molecule has 0 aliphatic heterocycles. The van der Waals surface area contributed by atoms with Gasteiger partial charge in [-0.1, -0.05) is 39.1 Å². The zero-order chi connectivity index (χ0) is 14.0. The van der Waals surface area contributed by atoms with E-state index in [1.54, 1.807) is 30.3 Å². The van der Waals surface area contributed by atoms with Crippen molar-refractivity contribution in [2.45, 2.75) is 0 Å². The average Bonchev–Trinajstić information content (AvgIpc) is 2.34. The van der Waals surface area contributed by atoms with Crippen LogP contribution in [0, 0.1) is 10.1 Å². The van der Waals surface area contributed by atoms with Crippen molar-refractivity contribution < 1.29 is 4.92 Å². The Kier molecular flexibility index (Phi) is 4.29. The highest BCUT2D eigenvalue weighted by Gasteiger charge is 2.15. The van der Waals surface area contributed by atoms with Gasteiger partial charge in [-0.25, -0.2) is 0 Å². The minimum absolute atomic E-state index is 0.0413. The van der Waals surface area contributed by atoms with E-state index in [1.807, 2.05) is 0 Å². The molecule has 7 heteroatoms. The van der Waals surface area contributed by atoms with Gasteiger partial charge in [-0.2, -0.15) is 0 Å². The number of nitrogens with one attached hydrogen (secondary N) is 1. The Morgan fingerprint density at radius 1 is 1.11 bits per heavy atom. The van der Waals surface area contributed by atoms with Crippen LogP contribution in [-0.4, -0.2) is 4.92 Å². The molecular formula is C12H7BrCl2N2O2. The first-order valence-corrected chi connectivity index (χ1v) is 6.68. The normalized spacial score (nSPS) is 10.3. The fourth-order valence-corrected chi connectivity index (χ4v) is 2.30. The minimum atomic E-state index is -0.461. The summed E-state index contributed by atoms with van der Waals surface area (Å²) in [5.41, 5.74) is 0.870. The average molecular weight is 362 g/mol. The summed E-state index contributed by atoms with van der Waals surface area (Å²) >= 11 is 15.0. The van der Waals surface area contributed by atoms with Crippen molar-refractivity contribution in [1.29, 1.82) is 0 Å². The molecule has 0 unspecified atom stereocenters. The van der Waals surface area contributed by atoms with Crippen molar-refractivity contribution in [3.8, 4) is 0 Å². The first-order valence-electron chi connectivity index (χ1n) is 5.13. The third-order valence-corrected chi connectivity index (χ3v) is 3.40. The van der Waals surface area contributed by atoms with E-state index in [0.29, 0.717) is 25.9 Å². The second kappa shape index (κ2) is 5.77. The highest BCUT2D eigenvalue weighted by molar-refractivity contribution is 9.10. The summed E-state index contributed by atoms with van der Waals surface area (Å²) in [5.74, 6) is 0. The number of benzene rings is 2. The summed E-state index contributed by atoms with van der Waals surface area (Å²) in [4.78, 5) is 10.5. The predicted molar refractivity (Wildman–Crippen MR) is 80.5 cm³/mol. The van der Waals surface area contributed by atoms with E-state index in [0.717, 1.165) is 0 Å². The standard InChI is InChI=1S/C12H7BrCl2N2O2/c13-7-1-3-11(12(5-7)17(18)19)16-10-4-2-8(14)6-9(10)15/h1-6,16H. The number of nitrogens with zero attached hydrogens (tertiary/aromatic N) is 1. The molecule has 2 rings (SSSR count). The summed E-state index contributed by atoms with van der Waals surface area (Å²) in [7, 11) is 0. The van der Waals surface area contributed by atoms with Gasteiger partial charge in [0.05, 0.1) is 15.6 Å². The van der Waals surface area contributed by atoms with Gasteiger partial charge in [0, 0.05) is 15.6 Å². The summed E-state index contributed by atoms with van der Waals surface area (Å²) in [6, 6.07) is 9.62. The Morgan fingerprint density at radius 3 is 2.42 bits per heavy atom. The summed E-state index contributed by atoms with van der Waals surface area (Å²) in [6.45, 7) is 0. The molecule has 0 bridgehead atoms. The molecule has 0 saturated carbocycles. The molecule has 2 aromatic rings. The molecule has 0 heterocycles. The lowest BCUT2D eigenvalue weighted by Crippen LogP contribution is -1.97. The van der Waals surface area contributed by atoms with E-state index in [1.165, 1.54) is 6.07 Å². The zero-order valence-corrected chi connectivity index (χ0v) is 12.5. The lowest BCUT2D eigenvalue weighted by Gasteiger charge is -2.09. The molecule has 0 radical (unpaired) electrons. The van der Waals surface area contributed by atoms with Crippen LogP contribution in [0.2, 0.25) is 10.0 Å². The van der Waals surface area contributed by atoms with Crippen LogP contribution in [0.4, 0.5) is 17.1 Å². The van der Waals surface area contributed by atoms with Crippen LogP contribution in [0.3, 0.4) is 0 Å². The SMILES string of the molecule is O=[N+]([O-])c1cc(Br)ccc1Nc1ccc(Cl)cc1Cl. The highest BCUT2D eigenvalue weighted by atomic mass is 79.9. The number of hydrogen-bond donors (Lipinski definition) is 1. The zero-order valence-electron chi connectivity index (χ0n) is 9.36. The van der Waals surface area contributed by atoms with Crippen molar-refractivity contribution in [2.24, 2.45) is 0 Å². The van der Waals surface area contributed by atoms with E-state index in [4.69, 9.17) is 23.2 Å². The van der Waals surface area contributed by atoms with Crippen molar-refractivity contribution >= 4 is 56.2 Å². The molecule has 2 aromatic carbocycles. The molecule has 0 aromatic heterocycles. The quantitative estimate of drug-likeness (QED) is 0.587. The van der Waals surface area contributed by atoms with E-state index in [2.05, 4.69) is 21.2 Å². The molecule has 0 spiro atoms. The third kappa shape index (κ3) is 3.37. The Labute approximate surface area is 127 Å². The second-order valence-electron chi connectivity index (χ2n) is 3.67. The van der Waals surface area contributed by atoms with Gasteiger partial charge in [-0.3, -0.25) is 10.1 Å². The lowest BCUT2D eigenvalue weighted by atomic mass is 10.2. The number of rotatable bonds is 3. The fourth-order valence-electron chi connectivity index (χ4n) is 1.50. The van der Waals surface area contributed by atoms with E-state index in [9.17, 15) is 10.1 Å². The second-order valence-corrected chi connectivity index (χ2v) is 5.43. The van der Waals surface area contributed by atoms with Gasteiger partial charge >= 0.3 is 0 Å². The molecule has 4 nitrogen and oxygen atoms in total. The molecule has 0 fully saturated rings. The topological polar surface area (TPSA) is 55.2 Å². The van der Waals surface area contributed by atoms with Crippen LogP contribution < -0.4 is 5.32 Å². The monoisotopic (exact) mass is 360 g/mol. The first kappa shape index (κ1) is 14.1. The molecule has 0 atom stereocenters. The summed E-state index contributed by atoms with van der Waals surface area (Å²) in [6.07, 6.45) is 0. The van der Waals surface area contributed by atoms with Crippen molar-refractivity contribution in [1.82, 2.24) is 0 Å². The number of anilines is 2. The Morgan fingerprint density at radius 2 is 1.79 bits per heavy atom. The van der Waals surface area contributed by atoms with Crippen LogP contribution >= 0.6 is 39.1 Å². The largest absolute Gasteiger partial charge is 0.349 e. The molecule has 0 aliphatic rings. The van der Waals surface area contributed by atoms with E-state index in [-0.39, 0.29) is 5.69 Å². The minimum Gasteiger partial charge on any atom is -0.349 e. The van der Waals surface area contributed by atoms with Gasteiger partial charge in [0.25, 0.3) is 5.69 Å². The molecule has 0 saturated heterocycles. The Hall–Kier alpha value is -1.30. The van der Waals surface area contributed by atoms with Crippen molar-refractivity contribution in [3.05, 3.63) is 61.0 Å². The van der Waals surface area contributed by atoms with Crippen molar-refractivity contribution in [2.75, 3.05) is 5.32 Å². The van der Waals surface area contributed by atoms with Crippen LogP contribution in [0.15, 0.2) is 40.9 Å². The molecule has 0 amide bonds. The van der Waals surface area contributed by atoms with Gasteiger partial charge < -0.3 is 5.32 Å². The van der Waals surface area contributed by atoms with Gasteiger partial charge in [0.2, 0.25) is 0 Å². The predicted octanol–water partition coefficient (Wildman–Crippen LogP) is 5.41. The molecule has 98 valence electrons. The van der Waals surface area contributed by atoms with Gasteiger partial charge in [0.15, 0.2) is 0 Å². The van der Waals surface area contributed by atoms with E-state index >= 15 is 0 Å². The third-order valence-electron chi connectivity index (χ3n) is 2.36. The van der Waals surface area contributed by atoms with Gasteiger partial charge in [-0.05, 0) is 30.3 Å². The summed E-state index contributed by atoms with van der Waals surface area (Å²) in [5, 5.41) is 14.8. The molecule has 19 heavy (non-hydrogen) atoms. The first-order chi connectivity index (χ1) is 8.97. The lowest BCUT2D eigenvalue weighted by molar-refractivity contribution is -0.384. The maximum Gasteiger partial charge on any atom is 0.293 e. The maximum atomic E-state index is 11.0. The van der Waals surface area contributed by atoms with Crippen LogP contribution in [0.5, 0.6) is 0 Å². The maximum absolute atomic E-state index is 11.0. The Bertz CT molecular complexity index is 650. The highest BCUT2D eigenvalue weighted by Crippen LogP contribution is 2.33. The number of nitro groups is 1. The number of hydrogen-bond acceptors (Lipinski definition) is 3. The number of nitro benzene ring substituents is 1. The fraction of sp³-hybridized carbons (Fsp3) is 0. The van der Waals surface area contributed by atoms with Crippen molar-refractivity contribution in [3.63, 3.8) is 0 Å². The number of halogens is 3. The molecule has 0 aliphatic carbocycles. The van der Waals surface area contributed by atoms with Gasteiger partial charge in [0.1, 0.15) is 5.69 Å². The van der Waals surface area contributed by atoms with Gasteiger partial charge in [-0.15, -0.1) is 0 Å². The van der Waals surface area contributed by atoms with Crippen LogP contribution in [-0.2, 0) is 0 Å². The smallest absolute Gasteiger partial charge is 0.293 e. The Balaban J connectivity index is 2.40. The van der Waals surface area contributed by atoms with Crippen LogP contribution in [0.25, 0.3) is 0 Å². The molecular weight excluding hydrogens is 355 g/mol. The van der Waals surface area contributed by atoms with E-state index < -0.39 is 4.92 Å². The van der Waals surface area contributed by atoms with Crippen LogP contribution in [0.1, 0.15) is 0 Å². The summed E-state index contributed by atoms with van der Waals surface area (Å²) < 4.78 is 0.631.